The Morgan fingerprint density at radius 1 is 1.30 bits per heavy atom. The van der Waals surface area contributed by atoms with Crippen molar-refractivity contribution in [2.24, 2.45) is 5.92 Å². The first-order valence-electron chi connectivity index (χ1n) is 4.04. The van der Waals surface area contributed by atoms with Crippen molar-refractivity contribution in [2.45, 2.75) is 25.3 Å². The van der Waals surface area contributed by atoms with Gasteiger partial charge in [0.05, 0.1) is 12.0 Å². The third-order valence-electron chi connectivity index (χ3n) is 2.47. The fourth-order valence-corrected chi connectivity index (χ4v) is 1.66. The van der Waals surface area contributed by atoms with E-state index in [9.17, 15) is 0 Å². The fourth-order valence-electron chi connectivity index (χ4n) is 1.66. The van der Waals surface area contributed by atoms with Crippen LogP contribution in [0.25, 0.3) is 0 Å². The average molecular weight is 136 g/mol. The van der Waals surface area contributed by atoms with E-state index in [4.69, 9.17) is 5.26 Å². The summed E-state index contributed by atoms with van der Waals surface area (Å²) in [4.78, 5) is 2.47. The first-order valence-corrected chi connectivity index (χ1v) is 4.04. The summed E-state index contributed by atoms with van der Waals surface area (Å²) in [6.07, 6.45) is 3.85. The van der Waals surface area contributed by atoms with Crippen LogP contribution in [0.15, 0.2) is 0 Å². The second kappa shape index (κ2) is 2.25. The first kappa shape index (κ1) is 6.18. The maximum Gasteiger partial charge on any atom is 0.0669 e. The number of likely N-dealkylation sites (tertiary alicyclic amines) is 1. The van der Waals surface area contributed by atoms with E-state index in [1.807, 2.05) is 0 Å². The molecule has 0 aromatic heterocycles. The molecule has 10 heavy (non-hydrogen) atoms. The normalized spacial score (nSPS) is 34.1. The van der Waals surface area contributed by atoms with Gasteiger partial charge in [-0.2, -0.15) is 5.26 Å². The van der Waals surface area contributed by atoms with Crippen molar-refractivity contribution < 1.29 is 0 Å². The molecule has 1 atom stereocenters. The molecule has 0 bridgehead atoms. The summed E-state index contributed by atoms with van der Waals surface area (Å²) >= 11 is 0. The molecule has 0 N–H and O–H groups in total. The van der Waals surface area contributed by atoms with E-state index < -0.39 is 0 Å². The molecule has 2 aliphatic rings. The molecule has 2 fully saturated rings. The van der Waals surface area contributed by atoms with Crippen LogP contribution in [-0.2, 0) is 0 Å². The molecule has 1 unspecified atom stereocenters. The van der Waals surface area contributed by atoms with Crippen molar-refractivity contribution in [3.8, 4) is 6.07 Å². The maximum atomic E-state index is 8.61. The Kier molecular flexibility index (Phi) is 1.39. The fraction of sp³-hybridized carbons (Fsp3) is 0.875. The van der Waals surface area contributed by atoms with Crippen molar-refractivity contribution >= 4 is 0 Å². The summed E-state index contributed by atoms with van der Waals surface area (Å²) in [6.45, 7) is 2.21. The molecule has 0 spiro atoms. The minimum Gasteiger partial charge on any atom is -0.299 e. The molecule has 1 aliphatic carbocycles. The van der Waals surface area contributed by atoms with Crippen LogP contribution in [0.4, 0.5) is 0 Å². The molecule has 1 saturated carbocycles. The van der Waals surface area contributed by atoms with Gasteiger partial charge in [0.2, 0.25) is 0 Å². The molecule has 0 aromatic rings. The van der Waals surface area contributed by atoms with Gasteiger partial charge < -0.3 is 0 Å². The van der Waals surface area contributed by atoms with Crippen LogP contribution >= 0.6 is 0 Å². The Balaban J connectivity index is 1.87. The van der Waals surface area contributed by atoms with E-state index in [0.717, 1.165) is 19.0 Å². The third-order valence-corrected chi connectivity index (χ3v) is 2.47. The molecule has 1 aliphatic heterocycles. The lowest BCUT2D eigenvalue weighted by Crippen LogP contribution is -2.22. The van der Waals surface area contributed by atoms with Crippen LogP contribution in [-0.4, -0.2) is 24.0 Å². The zero-order valence-electron chi connectivity index (χ0n) is 6.08. The van der Waals surface area contributed by atoms with Crippen molar-refractivity contribution in [3.63, 3.8) is 0 Å². The van der Waals surface area contributed by atoms with Crippen LogP contribution in [0.3, 0.4) is 0 Å². The van der Waals surface area contributed by atoms with Crippen LogP contribution < -0.4 is 0 Å². The zero-order valence-corrected chi connectivity index (χ0v) is 6.08. The lowest BCUT2D eigenvalue weighted by atomic mass is 10.1. The van der Waals surface area contributed by atoms with Gasteiger partial charge in [-0.1, -0.05) is 0 Å². The topological polar surface area (TPSA) is 27.0 Å². The molecule has 0 radical (unpaired) electrons. The summed E-state index contributed by atoms with van der Waals surface area (Å²) < 4.78 is 0. The minimum atomic E-state index is 0.334. The van der Waals surface area contributed by atoms with E-state index in [1.165, 1.54) is 19.4 Å². The number of hydrogen-bond donors (Lipinski definition) is 0. The van der Waals surface area contributed by atoms with Gasteiger partial charge in [-0.3, -0.25) is 4.90 Å². The van der Waals surface area contributed by atoms with E-state index in [2.05, 4.69) is 11.0 Å². The summed E-state index contributed by atoms with van der Waals surface area (Å²) in [5.41, 5.74) is 0. The molecule has 2 nitrogen and oxygen atoms in total. The van der Waals surface area contributed by atoms with Crippen molar-refractivity contribution in [1.29, 1.82) is 5.26 Å². The lowest BCUT2D eigenvalue weighted by Gasteiger charge is -2.11. The quantitative estimate of drug-likeness (QED) is 0.537. The van der Waals surface area contributed by atoms with Crippen LogP contribution in [0.2, 0.25) is 0 Å². The van der Waals surface area contributed by atoms with E-state index in [-0.39, 0.29) is 0 Å². The van der Waals surface area contributed by atoms with Gasteiger partial charge in [0.25, 0.3) is 0 Å². The molecule has 0 aromatic carbocycles. The second-order valence-corrected chi connectivity index (χ2v) is 3.34. The Morgan fingerprint density at radius 2 is 2.10 bits per heavy atom. The first-order chi connectivity index (χ1) is 4.90. The minimum absolute atomic E-state index is 0.334. The monoisotopic (exact) mass is 136 g/mol. The summed E-state index contributed by atoms with van der Waals surface area (Å²) in [7, 11) is 0. The largest absolute Gasteiger partial charge is 0.299 e. The Bertz CT molecular complexity index is 167. The molecular weight excluding hydrogens is 124 g/mol. The molecule has 2 rings (SSSR count). The third kappa shape index (κ3) is 1.02. The maximum absolute atomic E-state index is 8.61. The van der Waals surface area contributed by atoms with Gasteiger partial charge in [-0.15, -0.1) is 0 Å². The van der Waals surface area contributed by atoms with E-state index >= 15 is 0 Å². The van der Waals surface area contributed by atoms with Crippen LogP contribution in [0.5, 0.6) is 0 Å². The Morgan fingerprint density at radius 3 is 2.60 bits per heavy atom. The van der Waals surface area contributed by atoms with Gasteiger partial charge in [0.15, 0.2) is 0 Å². The van der Waals surface area contributed by atoms with Gasteiger partial charge in [0, 0.05) is 12.6 Å². The standard InChI is InChI=1S/C8H12N2/c9-5-7-3-4-10(6-7)8-1-2-8/h7-8H,1-4,6H2. The highest BCUT2D eigenvalue weighted by atomic mass is 15.2. The van der Waals surface area contributed by atoms with Gasteiger partial charge in [-0.05, 0) is 25.8 Å². The van der Waals surface area contributed by atoms with Gasteiger partial charge in [-0.25, -0.2) is 0 Å². The summed E-state index contributed by atoms with van der Waals surface area (Å²) in [6, 6.07) is 3.19. The highest BCUT2D eigenvalue weighted by Crippen LogP contribution is 2.31. The van der Waals surface area contributed by atoms with Crippen molar-refractivity contribution in [1.82, 2.24) is 4.90 Å². The molecule has 0 amide bonds. The van der Waals surface area contributed by atoms with Gasteiger partial charge in [0.1, 0.15) is 0 Å². The summed E-state index contributed by atoms with van der Waals surface area (Å²) in [5, 5.41) is 8.61. The average Bonchev–Trinajstić information content (AvgIpc) is 2.70. The van der Waals surface area contributed by atoms with Crippen molar-refractivity contribution in [3.05, 3.63) is 0 Å². The second-order valence-electron chi connectivity index (χ2n) is 3.34. The number of nitrogens with zero attached hydrogens (tertiary/aromatic N) is 2. The predicted octanol–water partition coefficient (Wildman–Crippen LogP) is 0.994. The molecule has 54 valence electrons. The highest BCUT2D eigenvalue weighted by molar-refractivity contribution is 4.96. The van der Waals surface area contributed by atoms with E-state index in [0.29, 0.717) is 5.92 Å². The zero-order chi connectivity index (χ0) is 6.97. The smallest absolute Gasteiger partial charge is 0.0669 e. The van der Waals surface area contributed by atoms with Gasteiger partial charge >= 0.3 is 0 Å². The Hall–Kier alpha value is -0.550. The van der Waals surface area contributed by atoms with Crippen LogP contribution in [0, 0.1) is 17.2 Å². The Labute approximate surface area is 61.4 Å². The molecule has 2 heteroatoms. The summed E-state index contributed by atoms with van der Waals surface area (Å²) in [5.74, 6) is 0.334. The SMILES string of the molecule is N#CC1CCN(C2CC2)C1. The molecule has 1 heterocycles. The lowest BCUT2D eigenvalue weighted by molar-refractivity contribution is 0.322. The molecule has 1 saturated heterocycles. The number of rotatable bonds is 1. The number of hydrogen-bond acceptors (Lipinski definition) is 2. The van der Waals surface area contributed by atoms with Crippen LogP contribution in [0.1, 0.15) is 19.3 Å². The highest BCUT2D eigenvalue weighted by Gasteiger charge is 2.34. The van der Waals surface area contributed by atoms with E-state index in [1.54, 1.807) is 0 Å². The predicted molar refractivity (Wildman–Crippen MR) is 38.3 cm³/mol. The van der Waals surface area contributed by atoms with Crippen molar-refractivity contribution in [2.75, 3.05) is 13.1 Å². The number of nitriles is 1. The molecular formula is C8H12N2.